The zero-order valence-electron chi connectivity index (χ0n) is 8.37. The lowest BCUT2D eigenvalue weighted by molar-refractivity contribution is 0.0946. The lowest BCUT2D eigenvalue weighted by atomic mass is 10.3. The van der Waals surface area contributed by atoms with Crippen LogP contribution in [0.2, 0.25) is 0 Å². The Morgan fingerprint density at radius 1 is 1.60 bits per heavy atom. The van der Waals surface area contributed by atoms with Gasteiger partial charge >= 0.3 is 0 Å². The second kappa shape index (κ2) is 3.76. The molecule has 1 aliphatic carbocycles. The molecular weight excluding hydrogens is 196 g/mol. The molecule has 15 heavy (non-hydrogen) atoms. The van der Waals surface area contributed by atoms with Crippen molar-refractivity contribution in [2.75, 3.05) is 7.11 Å². The highest BCUT2D eigenvalue weighted by Gasteiger charge is 2.24. The van der Waals surface area contributed by atoms with Crippen LogP contribution in [-0.2, 0) is 0 Å². The van der Waals surface area contributed by atoms with Gasteiger partial charge in [0.1, 0.15) is 5.69 Å². The Labute approximate surface area is 86.5 Å². The van der Waals surface area contributed by atoms with Crippen molar-refractivity contribution >= 4 is 5.91 Å². The van der Waals surface area contributed by atoms with Crippen LogP contribution in [0, 0.1) is 0 Å². The lowest BCUT2D eigenvalue weighted by Gasteiger charge is -2.03. The minimum Gasteiger partial charge on any atom is -0.491 e. The molecule has 0 bridgehead atoms. The molecule has 1 amide bonds. The summed E-state index contributed by atoms with van der Waals surface area (Å²) in [4.78, 5) is 25.6. The lowest BCUT2D eigenvalue weighted by Crippen LogP contribution is -2.27. The van der Waals surface area contributed by atoms with Gasteiger partial charge in [-0.1, -0.05) is 0 Å². The molecule has 1 aromatic heterocycles. The number of aromatic nitrogens is 1. The van der Waals surface area contributed by atoms with Crippen LogP contribution < -0.4 is 15.5 Å². The summed E-state index contributed by atoms with van der Waals surface area (Å²) in [6.07, 6.45) is 3.43. The van der Waals surface area contributed by atoms with Crippen molar-refractivity contribution in [3.05, 3.63) is 28.2 Å². The molecule has 0 radical (unpaired) electrons. The van der Waals surface area contributed by atoms with E-state index in [-0.39, 0.29) is 28.8 Å². The van der Waals surface area contributed by atoms with Gasteiger partial charge in [-0.2, -0.15) is 0 Å². The predicted octanol–water partition coefficient (Wildman–Crippen LogP) is 0.276. The van der Waals surface area contributed by atoms with Crippen LogP contribution in [0.1, 0.15) is 23.3 Å². The molecule has 0 spiro atoms. The van der Waals surface area contributed by atoms with Crippen LogP contribution >= 0.6 is 0 Å². The monoisotopic (exact) mass is 208 g/mol. The molecule has 5 nitrogen and oxygen atoms in total. The number of nitrogens with one attached hydrogen (secondary N) is 2. The average molecular weight is 208 g/mol. The maximum atomic E-state index is 11.5. The first-order chi connectivity index (χ1) is 7.20. The second-order valence-electron chi connectivity index (χ2n) is 3.53. The van der Waals surface area contributed by atoms with E-state index in [1.807, 2.05) is 0 Å². The summed E-state index contributed by atoms with van der Waals surface area (Å²) in [5.41, 5.74) is -0.0232. The molecule has 0 unspecified atom stereocenters. The Kier molecular flexibility index (Phi) is 2.45. The quantitative estimate of drug-likeness (QED) is 0.749. The van der Waals surface area contributed by atoms with Crippen molar-refractivity contribution in [2.24, 2.45) is 0 Å². The number of pyridine rings is 1. The molecule has 0 saturated heterocycles. The molecule has 0 atom stereocenters. The van der Waals surface area contributed by atoms with E-state index < -0.39 is 0 Å². The van der Waals surface area contributed by atoms with E-state index in [9.17, 15) is 9.59 Å². The van der Waals surface area contributed by atoms with Crippen LogP contribution in [0.5, 0.6) is 5.75 Å². The van der Waals surface area contributed by atoms with E-state index in [0.29, 0.717) is 0 Å². The molecule has 2 rings (SSSR count). The maximum absolute atomic E-state index is 11.5. The van der Waals surface area contributed by atoms with E-state index in [0.717, 1.165) is 12.8 Å². The van der Waals surface area contributed by atoms with Gasteiger partial charge in [0.15, 0.2) is 5.75 Å². The zero-order chi connectivity index (χ0) is 10.8. The number of carbonyl (C=O) groups excluding carboxylic acids is 1. The number of hydrogen-bond acceptors (Lipinski definition) is 3. The van der Waals surface area contributed by atoms with Gasteiger partial charge in [0.2, 0.25) is 5.43 Å². The van der Waals surface area contributed by atoms with Gasteiger partial charge in [0.05, 0.1) is 7.11 Å². The first-order valence-electron chi connectivity index (χ1n) is 4.78. The molecule has 0 aromatic carbocycles. The Morgan fingerprint density at radius 3 is 2.87 bits per heavy atom. The standard InChI is InChI=1S/C10H12N2O3/c1-15-9-5-11-7(4-8(9)13)10(14)12-6-2-3-6/h4-6H,2-3H2,1H3,(H,11,13)(H,12,14). The van der Waals surface area contributed by atoms with Crippen molar-refractivity contribution in [3.8, 4) is 5.75 Å². The highest BCUT2D eigenvalue weighted by molar-refractivity contribution is 5.92. The number of rotatable bonds is 3. The minimum absolute atomic E-state index is 0.206. The number of H-pyrrole nitrogens is 1. The van der Waals surface area contributed by atoms with Crippen molar-refractivity contribution in [3.63, 3.8) is 0 Å². The first-order valence-corrected chi connectivity index (χ1v) is 4.78. The molecule has 1 heterocycles. The van der Waals surface area contributed by atoms with Crippen molar-refractivity contribution in [1.29, 1.82) is 0 Å². The summed E-state index contributed by atoms with van der Waals surface area (Å²) in [5.74, 6) is -0.0322. The maximum Gasteiger partial charge on any atom is 0.268 e. The SMILES string of the molecule is COc1c[nH]c(C(=O)NC2CC2)cc1=O. The molecule has 1 saturated carbocycles. The summed E-state index contributed by atoms with van der Waals surface area (Å²) in [5, 5.41) is 2.78. The van der Waals surface area contributed by atoms with Gasteiger partial charge in [-0.15, -0.1) is 0 Å². The van der Waals surface area contributed by atoms with Crippen molar-refractivity contribution in [1.82, 2.24) is 10.3 Å². The van der Waals surface area contributed by atoms with E-state index >= 15 is 0 Å². The molecular formula is C10H12N2O3. The van der Waals surface area contributed by atoms with E-state index in [1.54, 1.807) is 0 Å². The fourth-order valence-corrected chi connectivity index (χ4v) is 1.24. The van der Waals surface area contributed by atoms with Crippen LogP contribution in [0.25, 0.3) is 0 Å². The van der Waals surface area contributed by atoms with Gasteiger partial charge in [-0.25, -0.2) is 0 Å². The summed E-state index contributed by atoms with van der Waals surface area (Å²) in [7, 11) is 1.41. The zero-order valence-corrected chi connectivity index (χ0v) is 8.37. The van der Waals surface area contributed by atoms with Crippen LogP contribution in [-0.4, -0.2) is 24.0 Å². The molecule has 2 N–H and O–H groups in total. The third-order valence-corrected chi connectivity index (χ3v) is 2.25. The molecule has 80 valence electrons. The van der Waals surface area contributed by atoms with E-state index in [2.05, 4.69) is 10.3 Å². The van der Waals surface area contributed by atoms with E-state index in [4.69, 9.17) is 4.74 Å². The molecule has 1 aromatic rings. The Balaban J connectivity index is 2.17. The summed E-state index contributed by atoms with van der Waals surface area (Å²) in [6, 6.07) is 1.53. The molecule has 1 fully saturated rings. The molecule has 1 aliphatic rings. The predicted molar refractivity (Wildman–Crippen MR) is 54.1 cm³/mol. The third kappa shape index (κ3) is 2.18. The number of methoxy groups -OCH3 is 1. The number of aromatic amines is 1. The Hall–Kier alpha value is -1.78. The van der Waals surface area contributed by atoms with Crippen LogP contribution in [0.15, 0.2) is 17.1 Å². The van der Waals surface area contributed by atoms with Crippen molar-refractivity contribution < 1.29 is 9.53 Å². The average Bonchev–Trinajstić information content (AvgIpc) is 3.01. The van der Waals surface area contributed by atoms with Gasteiger partial charge in [-0.3, -0.25) is 9.59 Å². The first kappa shape index (κ1) is 9.76. The largest absolute Gasteiger partial charge is 0.491 e. The smallest absolute Gasteiger partial charge is 0.268 e. The van der Waals surface area contributed by atoms with Gasteiger partial charge in [0, 0.05) is 18.3 Å². The Morgan fingerprint density at radius 2 is 2.33 bits per heavy atom. The number of amides is 1. The summed E-state index contributed by atoms with van der Waals surface area (Å²) in [6.45, 7) is 0. The van der Waals surface area contributed by atoms with E-state index in [1.165, 1.54) is 19.4 Å². The van der Waals surface area contributed by atoms with Gasteiger partial charge < -0.3 is 15.0 Å². The highest BCUT2D eigenvalue weighted by Crippen LogP contribution is 2.18. The number of carbonyl (C=O) groups is 1. The summed E-state index contributed by atoms with van der Waals surface area (Å²) < 4.78 is 4.80. The van der Waals surface area contributed by atoms with Crippen LogP contribution in [0.3, 0.4) is 0 Å². The third-order valence-electron chi connectivity index (χ3n) is 2.25. The normalized spacial score (nSPS) is 14.7. The fraction of sp³-hybridized carbons (Fsp3) is 0.400. The number of hydrogen-bond donors (Lipinski definition) is 2. The molecule has 0 aliphatic heterocycles. The van der Waals surface area contributed by atoms with Crippen molar-refractivity contribution in [2.45, 2.75) is 18.9 Å². The second-order valence-corrected chi connectivity index (χ2v) is 3.53. The summed E-state index contributed by atoms with van der Waals surface area (Å²) >= 11 is 0. The minimum atomic E-state index is -0.294. The fourth-order valence-electron chi connectivity index (χ4n) is 1.24. The van der Waals surface area contributed by atoms with Gasteiger partial charge in [-0.05, 0) is 12.8 Å². The number of ether oxygens (including phenoxy) is 1. The topological polar surface area (TPSA) is 71.2 Å². The molecule has 5 heteroatoms. The highest BCUT2D eigenvalue weighted by atomic mass is 16.5. The van der Waals surface area contributed by atoms with Crippen LogP contribution in [0.4, 0.5) is 0 Å². The Bertz CT molecular complexity index is 435. The van der Waals surface area contributed by atoms with Gasteiger partial charge in [0.25, 0.3) is 5.91 Å².